The molecule has 0 aliphatic carbocycles. The molecule has 1 saturated heterocycles. The lowest BCUT2D eigenvalue weighted by Gasteiger charge is -2.36. The Morgan fingerprint density at radius 2 is 1.94 bits per heavy atom. The summed E-state index contributed by atoms with van der Waals surface area (Å²) < 4.78 is 19.0. The van der Waals surface area contributed by atoms with Crippen molar-refractivity contribution in [3.63, 3.8) is 0 Å². The van der Waals surface area contributed by atoms with Gasteiger partial charge in [0.25, 0.3) is 5.91 Å². The predicted octanol–water partition coefficient (Wildman–Crippen LogP) is 1.40. The maximum atomic E-state index is 12.5. The molecule has 0 spiro atoms. The number of ether oxygens (including phenoxy) is 3. The lowest BCUT2D eigenvalue weighted by molar-refractivity contribution is -0.130. The van der Waals surface area contributed by atoms with Crippen molar-refractivity contribution in [2.75, 3.05) is 31.1 Å². The van der Waals surface area contributed by atoms with Gasteiger partial charge in [0, 0.05) is 19.6 Å². The van der Waals surface area contributed by atoms with Gasteiger partial charge in [0.05, 0.1) is 30.3 Å². The van der Waals surface area contributed by atoms with Crippen LogP contribution in [0.2, 0.25) is 0 Å². The molecule has 2 aromatic heterocycles. The summed E-state index contributed by atoms with van der Waals surface area (Å²) in [5.74, 6) is 1.87. The summed E-state index contributed by atoms with van der Waals surface area (Å²) in [5.41, 5.74) is 0.738. The predicted molar refractivity (Wildman–Crippen MR) is 117 cm³/mol. The molecule has 32 heavy (non-hydrogen) atoms. The van der Waals surface area contributed by atoms with Crippen LogP contribution >= 0.6 is 0 Å². The van der Waals surface area contributed by atoms with Crippen LogP contribution in [-0.2, 0) is 16.1 Å². The van der Waals surface area contributed by atoms with E-state index in [9.17, 15) is 4.79 Å². The van der Waals surface area contributed by atoms with E-state index in [2.05, 4.69) is 39.1 Å². The summed E-state index contributed by atoms with van der Waals surface area (Å²) in [6, 6.07) is 7.32. The Hall–Kier alpha value is -3.40. The van der Waals surface area contributed by atoms with Gasteiger partial charge in [-0.1, -0.05) is 12.1 Å². The highest BCUT2D eigenvalue weighted by Crippen LogP contribution is 2.31. The zero-order chi connectivity index (χ0) is 22.1. The third kappa shape index (κ3) is 4.05. The van der Waals surface area contributed by atoms with Crippen molar-refractivity contribution in [3.05, 3.63) is 36.8 Å². The molecule has 10 nitrogen and oxygen atoms in total. The fourth-order valence-corrected chi connectivity index (χ4v) is 4.19. The molecule has 1 amide bonds. The second-order valence-electron chi connectivity index (χ2n) is 8.12. The number of para-hydroxylation sites is 2. The van der Waals surface area contributed by atoms with Gasteiger partial charge in [0.2, 0.25) is 6.10 Å². The first kappa shape index (κ1) is 20.5. The summed E-state index contributed by atoms with van der Waals surface area (Å²) >= 11 is 0. The molecule has 4 heterocycles. The minimum absolute atomic E-state index is 0.131. The van der Waals surface area contributed by atoms with Gasteiger partial charge in [0.1, 0.15) is 18.8 Å². The van der Waals surface area contributed by atoms with Crippen molar-refractivity contribution in [1.29, 1.82) is 0 Å². The third-order valence-electron chi connectivity index (χ3n) is 5.56. The van der Waals surface area contributed by atoms with Crippen molar-refractivity contribution in [3.8, 4) is 11.5 Å². The number of morpholine rings is 1. The van der Waals surface area contributed by atoms with Crippen molar-refractivity contribution in [2.45, 2.75) is 38.7 Å². The SMILES string of the molecule is CC1CN(c2ncnc3c2cnn3CCNC(=O)C2COc3ccccc3O2)CC(C)O1. The van der Waals surface area contributed by atoms with Crippen LogP contribution in [0.4, 0.5) is 5.82 Å². The van der Waals surface area contributed by atoms with E-state index in [1.165, 1.54) is 0 Å². The molecule has 168 valence electrons. The van der Waals surface area contributed by atoms with E-state index in [0.717, 1.165) is 29.9 Å². The first-order chi connectivity index (χ1) is 15.6. The van der Waals surface area contributed by atoms with Gasteiger partial charge in [-0.25, -0.2) is 14.6 Å². The first-order valence-electron chi connectivity index (χ1n) is 10.8. The fraction of sp³-hybridized carbons (Fsp3) is 0.455. The van der Waals surface area contributed by atoms with Crippen molar-refractivity contribution in [2.24, 2.45) is 0 Å². The first-order valence-corrected chi connectivity index (χ1v) is 10.8. The van der Waals surface area contributed by atoms with Crippen LogP contribution in [0.3, 0.4) is 0 Å². The molecule has 5 rings (SSSR count). The Kier molecular flexibility index (Phi) is 5.52. The van der Waals surface area contributed by atoms with Gasteiger partial charge < -0.3 is 24.4 Å². The zero-order valence-electron chi connectivity index (χ0n) is 18.1. The van der Waals surface area contributed by atoms with Crippen molar-refractivity contribution >= 4 is 22.8 Å². The number of carbonyl (C=O) groups excluding carboxylic acids is 1. The second-order valence-corrected chi connectivity index (χ2v) is 8.12. The number of hydrogen-bond acceptors (Lipinski definition) is 8. The topological polar surface area (TPSA) is 104 Å². The molecule has 3 aromatic rings. The second kappa shape index (κ2) is 8.62. The van der Waals surface area contributed by atoms with Crippen LogP contribution in [-0.4, -0.2) is 70.2 Å². The Bertz CT molecular complexity index is 1110. The van der Waals surface area contributed by atoms with Crippen LogP contribution < -0.4 is 19.7 Å². The maximum absolute atomic E-state index is 12.5. The monoisotopic (exact) mass is 438 g/mol. The lowest BCUT2D eigenvalue weighted by atomic mass is 10.2. The molecule has 1 aromatic carbocycles. The molecule has 3 unspecified atom stereocenters. The van der Waals surface area contributed by atoms with Gasteiger partial charge in [-0.15, -0.1) is 0 Å². The number of carbonyl (C=O) groups is 1. The van der Waals surface area contributed by atoms with Crippen LogP contribution in [0.15, 0.2) is 36.8 Å². The van der Waals surface area contributed by atoms with Gasteiger partial charge in [-0.3, -0.25) is 4.79 Å². The van der Waals surface area contributed by atoms with Gasteiger partial charge in [0.15, 0.2) is 17.1 Å². The van der Waals surface area contributed by atoms with E-state index in [1.807, 2.05) is 18.2 Å². The molecule has 0 bridgehead atoms. The van der Waals surface area contributed by atoms with E-state index in [0.29, 0.717) is 24.6 Å². The molecule has 10 heteroatoms. The van der Waals surface area contributed by atoms with Crippen LogP contribution in [0.1, 0.15) is 13.8 Å². The molecule has 1 fully saturated rings. The van der Waals surface area contributed by atoms with Crippen LogP contribution in [0.5, 0.6) is 11.5 Å². The standard InChI is InChI=1S/C22H26N6O4/c1-14-10-27(11-15(2)31-14)20-16-9-26-28(21(16)25-13-24-20)8-7-23-22(29)19-12-30-17-5-3-4-6-18(17)32-19/h3-6,9,13-15,19H,7-8,10-12H2,1-2H3,(H,23,29). The number of fused-ring (bicyclic) bond motifs is 2. The lowest BCUT2D eigenvalue weighted by Crippen LogP contribution is -2.45. The highest BCUT2D eigenvalue weighted by atomic mass is 16.6. The van der Waals surface area contributed by atoms with E-state index < -0.39 is 6.10 Å². The number of nitrogens with one attached hydrogen (secondary N) is 1. The minimum atomic E-state index is -0.682. The number of rotatable bonds is 5. The number of nitrogens with zero attached hydrogens (tertiary/aromatic N) is 5. The average molecular weight is 438 g/mol. The molecule has 1 N–H and O–H groups in total. The maximum Gasteiger partial charge on any atom is 0.264 e. The highest BCUT2D eigenvalue weighted by molar-refractivity contribution is 5.86. The van der Waals surface area contributed by atoms with Gasteiger partial charge in [-0.2, -0.15) is 5.10 Å². The normalized spacial score (nSPS) is 22.7. The Labute approximate surface area is 185 Å². The number of hydrogen-bond donors (Lipinski definition) is 1. The van der Waals surface area contributed by atoms with Crippen LogP contribution in [0.25, 0.3) is 11.0 Å². The third-order valence-corrected chi connectivity index (χ3v) is 5.56. The zero-order valence-corrected chi connectivity index (χ0v) is 18.1. The summed E-state index contributed by atoms with van der Waals surface area (Å²) in [5, 5.41) is 8.27. The smallest absolute Gasteiger partial charge is 0.264 e. The quantitative estimate of drug-likeness (QED) is 0.638. The molecule has 3 atom stereocenters. The van der Waals surface area contributed by atoms with Crippen molar-refractivity contribution in [1.82, 2.24) is 25.1 Å². The molecule has 2 aliphatic rings. The fourth-order valence-electron chi connectivity index (χ4n) is 4.19. The summed E-state index contributed by atoms with van der Waals surface area (Å²) in [4.78, 5) is 23.7. The Morgan fingerprint density at radius 1 is 1.16 bits per heavy atom. The Morgan fingerprint density at radius 3 is 2.75 bits per heavy atom. The van der Waals surface area contributed by atoms with Crippen LogP contribution in [0, 0.1) is 0 Å². The van der Waals surface area contributed by atoms with E-state index in [1.54, 1.807) is 23.3 Å². The highest BCUT2D eigenvalue weighted by Gasteiger charge is 2.27. The van der Waals surface area contributed by atoms with E-state index >= 15 is 0 Å². The van der Waals surface area contributed by atoms with E-state index in [-0.39, 0.29) is 24.7 Å². The largest absolute Gasteiger partial charge is 0.485 e. The number of amides is 1. The molecular formula is C22H26N6O4. The molecule has 0 radical (unpaired) electrons. The summed E-state index contributed by atoms with van der Waals surface area (Å²) in [7, 11) is 0. The number of benzene rings is 1. The number of aromatic nitrogens is 4. The van der Waals surface area contributed by atoms with E-state index in [4.69, 9.17) is 14.2 Å². The van der Waals surface area contributed by atoms with Crippen molar-refractivity contribution < 1.29 is 19.0 Å². The number of anilines is 1. The molecule has 0 saturated carbocycles. The molecule has 2 aliphatic heterocycles. The van der Waals surface area contributed by atoms with Gasteiger partial charge in [-0.05, 0) is 26.0 Å². The van der Waals surface area contributed by atoms with Gasteiger partial charge >= 0.3 is 0 Å². The average Bonchev–Trinajstić information content (AvgIpc) is 3.21. The molecular weight excluding hydrogens is 412 g/mol. The Balaban J connectivity index is 1.22. The summed E-state index contributed by atoms with van der Waals surface area (Å²) in [6.07, 6.45) is 2.92. The minimum Gasteiger partial charge on any atom is -0.485 e. The summed E-state index contributed by atoms with van der Waals surface area (Å²) in [6.45, 7) is 6.71.